The maximum atomic E-state index is 7.02. The van der Waals surface area contributed by atoms with Gasteiger partial charge in [-0.2, -0.15) is 0 Å². The van der Waals surface area contributed by atoms with Crippen molar-refractivity contribution in [3.05, 3.63) is 255 Å². The zero-order valence-corrected chi connectivity index (χ0v) is 41.8. The van der Waals surface area contributed by atoms with E-state index in [0.29, 0.717) is 17.5 Å². The number of benzene rings is 12. The van der Waals surface area contributed by atoms with Crippen LogP contribution in [0, 0.1) is 0 Å². The molecule has 0 aliphatic heterocycles. The molecule has 12 aromatic carbocycles. The average molecular weight is 995 g/mol. The second kappa shape index (κ2) is 16.4. The van der Waals surface area contributed by atoms with Crippen LogP contribution in [0.3, 0.4) is 0 Å². The predicted molar refractivity (Wildman–Crippen MR) is 321 cm³/mol. The van der Waals surface area contributed by atoms with Crippen molar-refractivity contribution < 1.29 is 4.42 Å². The van der Waals surface area contributed by atoms with E-state index < -0.39 is 0 Å². The molecule has 5 heterocycles. The molecule has 0 N–H and O–H groups in total. The lowest BCUT2D eigenvalue weighted by molar-refractivity contribution is 0.670. The number of para-hydroxylation sites is 6. The number of fused-ring (bicyclic) bond motifs is 15. The van der Waals surface area contributed by atoms with Gasteiger partial charge in [0.1, 0.15) is 11.2 Å². The Kier molecular flexibility index (Phi) is 9.00. The number of nitrogens with zero attached hydrogens (tertiary/aromatic N) is 6. The van der Waals surface area contributed by atoms with Gasteiger partial charge in [-0.15, -0.1) is 0 Å². The topological polar surface area (TPSA) is 66.6 Å². The van der Waals surface area contributed by atoms with Gasteiger partial charge < -0.3 is 18.1 Å². The van der Waals surface area contributed by atoms with Crippen LogP contribution in [0.2, 0.25) is 0 Å². The SMILES string of the molecule is c1ccc(-n2c3ccccc3c3ccc(-c4nc(-c5cc6cc(-n7c8ccccc8c8cc9ccccc9cc87)ccc6c6c5oc5ccccc56)nc(-c5cccc6c5c5ccccc5n6-c5ccccc5)n4)cc32)cc1. The van der Waals surface area contributed by atoms with E-state index in [4.69, 9.17) is 19.4 Å². The Hall–Kier alpha value is -10.6. The first-order chi connectivity index (χ1) is 38.7. The third-order valence-corrected chi connectivity index (χ3v) is 16.0. The first-order valence-electron chi connectivity index (χ1n) is 26.4. The van der Waals surface area contributed by atoms with E-state index >= 15 is 0 Å². The number of hydrogen-bond donors (Lipinski definition) is 0. The fourth-order valence-corrected chi connectivity index (χ4v) is 12.6. The van der Waals surface area contributed by atoms with E-state index in [1.807, 2.05) is 6.07 Å². The summed E-state index contributed by atoms with van der Waals surface area (Å²) in [5.74, 6) is 1.64. The molecule has 0 radical (unpaired) electrons. The molecule has 7 heteroatoms. The van der Waals surface area contributed by atoms with Gasteiger partial charge in [-0.1, -0.05) is 164 Å². The van der Waals surface area contributed by atoms with E-state index in [1.54, 1.807) is 0 Å². The van der Waals surface area contributed by atoms with Crippen molar-refractivity contribution in [1.82, 2.24) is 28.7 Å². The van der Waals surface area contributed by atoms with E-state index in [-0.39, 0.29) is 0 Å². The molecule has 7 nitrogen and oxygen atoms in total. The summed E-state index contributed by atoms with van der Waals surface area (Å²) in [6.07, 6.45) is 0. The summed E-state index contributed by atoms with van der Waals surface area (Å²) in [5.41, 5.74) is 14.0. The fraction of sp³-hybridized carbons (Fsp3) is 0. The van der Waals surface area contributed by atoms with Gasteiger partial charge in [-0.25, -0.2) is 15.0 Å². The number of aromatic nitrogens is 6. The highest BCUT2D eigenvalue weighted by Gasteiger charge is 2.25. The Morgan fingerprint density at radius 1 is 0.269 bits per heavy atom. The van der Waals surface area contributed by atoms with Gasteiger partial charge in [-0.3, -0.25) is 0 Å². The van der Waals surface area contributed by atoms with Gasteiger partial charge in [-0.05, 0) is 113 Å². The summed E-state index contributed by atoms with van der Waals surface area (Å²) in [6.45, 7) is 0. The smallest absolute Gasteiger partial charge is 0.167 e. The second-order valence-corrected chi connectivity index (χ2v) is 20.3. The van der Waals surface area contributed by atoms with Crippen molar-refractivity contribution in [3.63, 3.8) is 0 Å². The number of furan rings is 1. The Balaban J connectivity index is 0.960. The first kappa shape index (κ1) is 42.7. The highest BCUT2D eigenvalue weighted by Crippen LogP contribution is 2.45. The molecule has 0 fully saturated rings. The summed E-state index contributed by atoms with van der Waals surface area (Å²) in [5, 5.41) is 13.5. The van der Waals surface area contributed by atoms with Crippen molar-refractivity contribution in [2.75, 3.05) is 0 Å². The monoisotopic (exact) mass is 994 g/mol. The van der Waals surface area contributed by atoms with Crippen LogP contribution in [-0.2, 0) is 0 Å². The minimum atomic E-state index is 0.516. The summed E-state index contributed by atoms with van der Waals surface area (Å²) < 4.78 is 14.1. The Bertz CT molecular complexity index is 5330. The average Bonchev–Trinajstić information content (AvgIpc) is 4.45. The minimum absolute atomic E-state index is 0.516. The molecular formula is C71H42N6O. The fourth-order valence-electron chi connectivity index (χ4n) is 12.6. The molecule has 0 amide bonds. The van der Waals surface area contributed by atoms with E-state index in [9.17, 15) is 0 Å². The number of hydrogen-bond acceptors (Lipinski definition) is 4. The van der Waals surface area contributed by atoms with Crippen LogP contribution in [0.5, 0.6) is 0 Å². The molecule has 0 atom stereocenters. The van der Waals surface area contributed by atoms with E-state index in [2.05, 4.69) is 262 Å². The van der Waals surface area contributed by atoms with Gasteiger partial charge in [0.2, 0.25) is 0 Å². The van der Waals surface area contributed by atoms with Crippen molar-refractivity contribution in [2.24, 2.45) is 0 Å². The summed E-state index contributed by atoms with van der Waals surface area (Å²) in [7, 11) is 0. The van der Waals surface area contributed by atoms with Crippen LogP contribution in [-0.4, -0.2) is 28.7 Å². The van der Waals surface area contributed by atoms with Crippen LogP contribution in [0.25, 0.3) is 160 Å². The third-order valence-electron chi connectivity index (χ3n) is 16.0. The highest BCUT2D eigenvalue weighted by atomic mass is 16.3. The highest BCUT2D eigenvalue weighted by molar-refractivity contribution is 6.23. The molecule has 0 unspecified atom stereocenters. The van der Waals surface area contributed by atoms with Crippen LogP contribution in [0.4, 0.5) is 0 Å². The lowest BCUT2D eigenvalue weighted by Gasteiger charge is -2.13. The van der Waals surface area contributed by atoms with Crippen molar-refractivity contribution >= 4 is 109 Å². The maximum absolute atomic E-state index is 7.02. The molecule has 362 valence electrons. The van der Waals surface area contributed by atoms with Gasteiger partial charge in [0.25, 0.3) is 0 Å². The lowest BCUT2D eigenvalue weighted by Crippen LogP contribution is -2.01. The van der Waals surface area contributed by atoms with Crippen LogP contribution in [0.1, 0.15) is 0 Å². The van der Waals surface area contributed by atoms with Crippen LogP contribution in [0.15, 0.2) is 259 Å². The minimum Gasteiger partial charge on any atom is -0.455 e. The summed E-state index contributed by atoms with van der Waals surface area (Å²) in [4.78, 5) is 16.7. The largest absolute Gasteiger partial charge is 0.455 e. The predicted octanol–water partition coefficient (Wildman–Crippen LogP) is 18.4. The van der Waals surface area contributed by atoms with Crippen LogP contribution < -0.4 is 0 Å². The molecule has 0 aliphatic rings. The zero-order chi connectivity index (χ0) is 51.0. The van der Waals surface area contributed by atoms with Crippen molar-refractivity contribution in [2.45, 2.75) is 0 Å². The molecule has 0 bridgehead atoms. The lowest BCUT2D eigenvalue weighted by atomic mass is 9.99. The molecule has 0 saturated heterocycles. The van der Waals surface area contributed by atoms with E-state index in [0.717, 1.165) is 116 Å². The van der Waals surface area contributed by atoms with Crippen molar-refractivity contribution in [1.29, 1.82) is 0 Å². The van der Waals surface area contributed by atoms with Gasteiger partial charge >= 0.3 is 0 Å². The molecule has 0 saturated carbocycles. The normalized spacial score (nSPS) is 12.1. The van der Waals surface area contributed by atoms with Gasteiger partial charge in [0.15, 0.2) is 17.5 Å². The molecule has 17 aromatic rings. The first-order valence-corrected chi connectivity index (χ1v) is 26.4. The van der Waals surface area contributed by atoms with Gasteiger partial charge in [0.05, 0.1) is 38.7 Å². The number of rotatable bonds is 6. The molecule has 78 heavy (non-hydrogen) atoms. The molecule has 0 aliphatic carbocycles. The summed E-state index contributed by atoms with van der Waals surface area (Å²) in [6, 6.07) is 90.9. The molecule has 17 rings (SSSR count). The summed E-state index contributed by atoms with van der Waals surface area (Å²) >= 11 is 0. The van der Waals surface area contributed by atoms with Crippen molar-refractivity contribution in [3.8, 4) is 51.2 Å². The second-order valence-electron chi connectivity index (χ2n) is 20.3. The van der Waals surface area contributed by atoms with Gasteiger partial charge in [0, 0.05) is 71.3 Å². The van der Waals surface area contributed by atoms with E-state index in [1.165, 1.54) is 26.9 Å². The molecular weight excluding hydrogens is 953 g/mol. The Labute approximate surface area is 445 Å². The van der Waals surface area contributed by atoms with Crippen LogP contribution >= 0.6 is 0 Å². The molecule has 5 aromatic heterocycles. The Morgan fingerprint density at radius 2 is 0.795 bits per heavy atom. The third kappa shape index (κ3) is 6.24. The Morgan fingerprint density at radius 3 is 1.54 bits per heavy atom. The zero-order valence-electron chi connectivity index (χ0n) is 41.8. The standard InChI is InChI=1S/C71H42N6O/c1-3-20-47(21-4-1)75-61-31-15-11-26-54(61)66-56(28-17-32-62(66)75)70-72-69(45-34-36-53-51-24-9-13-29-59(51)76(63(53)42-45)48-22-5-2-6-23-48)73-71(74-70)58-40-46-38-49(35-37-50(46)67-55-27-12-16-33-65(55)78-68(58)67)77-60-30-14-10-25-52(60)57-39-43-18-7-8-19-44(43)41-64(57)77/h1-42H. The maximum Gasteiger partial charge on any atom is 0.167 e. The quantitative estimate of drug-likeness (QED) is 0.166. The molecule has 0 spiro atoms.